The lowest BCUT2D eigenvalue weighted by molar-refractivity contribution is -0.122. The highest BCUT2D eigenvalue weighted by Gasteiger charge is 2.33. The first-order valence-electron chi connectivity index (χ1n) is 11.2. The van der Waals surface area contributed by atoms with E-state index in [4.69, 9.17) is 9.72 Å². The minimum absolute atomic E-state index is 0.00522. The fourth-order valence-corrected chi connectivity index (χ4v) is 5.70. The highest BCUT2D eigenvalue weighted by molar-refractivity contribution is 7.21. The third-order valence-electron chi connectivity index (χ3n) is 6.30. The molecule has 32 heavy (non-hydrogen) atoms. The molecule has 3 aromatic rings. The van der Waals surface area contributed by atoms with Crippen molar-refractivity contribution in [1.29, 1.82) is 0 Å². The second kappa shape index (κ2) is 8.99. The van der Waals surface area contributed by atoms with E-state index in [1.54, 1.807) is 4.57 Å². The Hall–Kier alpha value is -2.78. The van der Waals surface area contributed by atoms with Crippen molar-refractivity contribution in [3.05, 3.63) is 52.1 Å². The first kappa shape index (κ1) is 21.1. The number of carbonyl (C=O) groups is 1. The summed E-state index contributed by atoms with van der Waals surface area (Å²) in [7, 11) is 0. The number of anilines is 1. The topological polar surface area (TPSA) is 89.4 Å². The van der Waals surface area contributed by atoms with E-state index >= 15 is 0 Å². The number of nitrogens with one attached hydrogen (secondary N) is 1. The second-order valence-corrected chi connectivity index (χ2v) is 9.34. The van der Waals surface area contributed by atoms with Crippen molar-refractivity contribution >= 4 is 32.7 Å². The summed E-state index contributed by atoms with van der Waals surface area (Å²) in [4.78, 5) is 38.3. The van der Waals surface area contributed by atoms with Crippen molar-refractivity contribution in [2.75, 3.05) is 24.7 Å². The zero-order chi connectivity index (χ0) is 22.1. The van der Waals surface area contributed by atoms with Crippen LogP contribution in [0.4, 0.5) is 5.13 Å². The number of aryl methyl sites for hydroxylation is 1. The number of rotatable bonds is 5. The molecule has 1 amide bonds. The predicted octanol–water partition coefficient (Wildman–Crippen LogP) is 2.80. The summed E-state index contributed by atoms with van der Waals surface area (Å²) < 4.78 is 7.23. The number of benzene rings is 1. The van der Waals surface area contributed by atoms with Gasteiger partial charge in [0.1, 0.15) is 11.9 Å². The van der Waals surface area contributed by atoms with Crippen LogP contribution in [0.2, 0.25) is 0 Å². The van der Waals surface area contributed by atoms with Crippen molar-refractivity contribution in [1.82, 2.24) is 19.9 Å². The van der Waals surface area contributed by atoms with Gasteiger partial charge in [0.15, 0.2) is 15.5 Å². The molecule has 168 valence electrons. The van der Waals surface area contributed by atoms with E-state index in [0.717, 1.165) is 37.8 Å². The zero-order valence-corrected chi connectivity index (χ0v) is 18.9. The van der Waals surface area contributed by atoms with Gasteiger partial charge in [-0.25, -0.2) is 9.97 Å². The lowest BCUT2D eigenvalue weighted by Crippen LogP contribution is -2.43. The molecule has 2 aliphatic heterocycles. The standard InChI is InChI=1S/C23H27N5O3S/c1-15-25-21-19(22(30)28(15)17-9-12-31-13-10-17)26-23(32-21)27-11-5-8-18(27)20(29)24-14-16-6-3-2-4-7-16/h2-4,6-7,17-18H,5,8-14H2,1H3,(H,24,29). The molecule has 2 saturated heterocycles. The highest BCUT2D eigenvalue weighted by Crippen LogP contribution is 2.32. The highest BCUT2D eigenvalue weighted by atomic mass is 32.1. The minimum Gasteiger partial charge on any atom is -0.381 e. The van der Waals surface area contributed by atoms with Gasteiger partial charge in [-0.15, -0.1) is 0 Å². The van der Waals surface area contributed by atoms with Crippen LogP contribution < -0.4 is 15.8 Å². The Morgan fingerprint density at radius 3 is 2.75 bits per heavy atom. The van der Waals surface area contributed by atoms with Gasteiger partial charge in [-0.3, -0.25) is 14.2 Å². The summed E-state index contributed by atoms with van der Waals surface area (Å²) in [5.74, 6) is 0.706. The van der Waals surface area contributed by atoms with E-state index in [9.17, 15) is 9.59 Å². The number of ether oxygens (including phenoxy) is 1. The molecule has 2 aromatic heterocycles. The quantitative estimate of drug-likeness (QED) is 0.639. The number of carbonyl (C=O) groups excluding carboxylic acids is 1. The number of nitrogens with zero attached hydrogens (tertiary/aromatic N) is 4. The maximum absolute atomic E-state index is 13.3. The molecule has 9 heteroatoms. The number of aromatic nitrogens is 3. The molecule has 2 fully saturated rings. The summed E-state index contributed by atoms with van der Waals surface area (Å²) >= 11 is 1.40. The second-order valence-electron chi connectivity index (χ2n) is 8.38. The van der Waals surface area contributed by atoms with Gasteiger partial charge in [-0.05, 0) is 38.2 Å². The third-order valence-corrected chi connectivity index (χ3v) is 7.28. The molecule has 1 aromatic carbocycles. The van der Waals surface area contributed by atoms with E-state index in [1.165, 1.54) is 11.3 Å². The van der Waals surface area contributed by atoms with E-state index < -0.39 is 0 Å². The fraction of sp³-hybridized carbons (Fsp3) is 0.478. The van der Waals surface area contributed by atoms with Crippen LogP contribution in [0, 0.1) is 6.92 Å². The third kappa shape index (κ3) is 4.02. The van der Waals surface area contributed by atoms with E-state index in [2.05, 4.69) is 10.3 Å². The van der Waals surface area contributed by atoms with Crippen LogP contribution in [-0.2, 0) is 16.1 Å². The van der Waals surface area contributed by atoms with Crippen LogP contribution in [0.3, 0.4) is 0 Å². The lowest BCUT2D eigenvalue weighted by atomic mass is 10.1. The molecule has 0 spiro atoms. The maximum atomic E-state index is 13.3. The molecule has 2 aliphatic rings. The molecular weight excluding hydrogens is 426 g/mol. The van der Waals surface area contributed by atoms with E-state index in [1.807, 2.05) is 42.2 Å². The van der Waals surface area contributed by atoms with E-state index in [-0.39, 0.29) is 23.6 Å². The Balaban J connectivity index is 1.39. The van der Waals surface area contributed by atoms with Gasteiger partial charge in [-0.2, -0.15) is 0 Å². The lowest BCUT2D eigenvalue weighted by Gasteiger charge is -2.25. The van der Waals surface area contributed by atoms with Crippen molar-refractivity contribution in [2.24, 2.45) is 0 Å². The Labute approximate surface area is 190 Å². The van der Waals surface area contributed by atoms with Gasteiger partial charge in [0, 0.05) is 32.3 Å². The van der Waals surface area contributed by atoms with Crippen LogP contribution in [0.15, 0.2) is 35.1 Å². The smallest absolute Gasteiger partial charge is 0.281 e. The SMILES string of the molecule is Cc1nc2sc(N3CCCC3C(=O)NCc3ccccc3)nc2c(=O)n1C1CCOCC1. The molecule has 0 saturated carbocycles. The van der Waals surface area contributed by atoms with Gasteiger partial charge >= 0.3 is 0 Å². The molecular formula is C23H27N5O3S. The number of fused-ring (bicyclic) bond motifs is 1. The number of hydrogen-bond donors (Lipinski definition) is 1. The van der Waals surface area contributed by atoms with Gasteiger partial charge in [0.25, 0.3) is 5.56 Å². The van der Waals surface area contributed by atoms with Gasteiger partial charge < -0.3 is 15.0 Å². The molecule has 8 nitrogen and oxygen atoms in total. The van der Waals surface area contributed by atoms with Crippen molar-refractivity contribution in [3.63, 3.8) is 0 Å². The molecule has 4 heterocycles. The van der Waals surface area contributed by atoms with Gasteiger partial charge in [0.2, 0.25) is 5.91 Å². The Bertz CT molecular complexity index is 1170. The molecule has 0 bridgehead atoms. The van der Waals surface area contributed by atoms with Crippen LogP contribution in [0.1, 0.15) is 43.1 Å². The molecule has 1 atom stereocenters. The summed E-state index contributed by atoms with van der Waals surface area (Å²) in [5.41, 5.74) is 1.38. The summed E-state index contributed by atoms with van der Waals surface area (Å²) in [6.45, 7) is 4.44. The van der Waals surface area contributed by atoms with Crippen molar-refractivity contribution in [3.8, 4) is 0 Å². The first-order chi connectivity index (χ1) is 15.6. The maximum Gasteiger partial charge on any atom is 0.281 e. The number of amides is 1. The van der Waals surface area contributed by atoms with Gasteiger partial charge in [-0.1, -0.05) is 41.7 Å². The Kier molecular flexibility index (Phi) is 5.93. The zero-order valence-electron chi connectivity index (χ0n) is 18.1. The van der Waals surface area contributed by atoms with Crippen LogP contribution >= 0.6 is 11.3 Å². The largest absolute Gasteiger partial charge is 0.381 e. The molecule has 1 unspecified atom stereocenters. The average Bonchev–Trinajstić information content (AvgIpc) is 3.46. The van der Waals surface area contributed by atoms with E-state index in [0.29, 0.717) is 41.1 Å². The average molecular weight is 454 g/mol. The monoisotopic (exact) mass is 453 g/mol. The molecule has 1 N–H and O–H groups in total. The Morgan fingerprint density at radius 1 is 1.19 bits per heavy atom. The summed E-state index contributed by atoms with van der Waals surface area (Å²) in [5, 5.41) is 3.75. The summed E-state index contributed by atoms with van der Waals surface area (Å²) in [6, 6.07) is 9.71. The molecule has 0 radical (unpaired) electrons. The first-order valence-corrected chi connectivity index (χ1v) is 12.0. The number of thiazole rings is 1. The van der Waals surface area contributed by atoms with Crippen LogP contribution in [0.25, 0.3) is 10.3 Å². The van der Waals surface area contributed by atoms with Crippen molar-refractivity contribution < 1.29 is 9.53 Å². The normalized spacial score (nSPS) is 19.5. The molecule has 0 aliphatic carbocycles. The minimum atomic E-state index is -0.280. The predicted molar refractivity (Wildman–Crippen MR) is 124 cm³/mol. The number of hydrogen-bond acceptors (Lipinski definition) is 7. The van der Waals surface area contributed by atoms with Crippen molar-refractivity contribution in [2.45, 2.75) is 51.2 Å². The molecule has 5 rings (SSSR count). The summed E-state index contributed by atoms with van der Waals surface area (Å²) in [6.07, 6.45) is 3.30. The fourth-order valence-electron chi connectivity index (χ4n) is 4.65. The Morgan fingerprint density at radius 2 is 1.97 bits per heavy atom. The van der Waals surface area contributed by atoms with Crippen LogP contribution in [0.5, 0.6) is 0 Å². The van der Waals surface area contributed by atoms with Crippen LogP contribution in [-0.4, -0.2) is 46.2 Å². The van der Waals surface area contributed by atoms with Gasteiger partial charge in [0.05, 0.1) is 0 Å².